The van der Waals surface area contributed by atoms with Crippen LogP contribution >= 0.6 is 12.6 Å². The van der Waals surface area contributed by atoms with E-state index in [1.54, 1.807) is 29.4 Å². The molecule has 0 bridgehead atoms. The van der Waals surface area contributed by atoms with Gasteiger partial charge in [-0.15, -0.1) is 6.58 Å². The Kier molecular flexibility index (Phi) is 48.6. The topological polar surface area (TPSA) is 20.3 Å². The third-order valence-corrected chi connectivity index (χ3v) is 5.03. The number of rotatable bonds is 9. The summed E-state index contributed by atoms with van der Waals surface area (Å²) in [6.07, 6.45) is 14.4. The standard InChI is InChI=1S/C24H29NO.C3H6.4C2H6.CH4S.CH4/c1-6-12-19(5)23-22(24(26)25(23)21(8-3)13-7-2)17-16-18(4)20-14-10-9-11-15-20;1-3-2;5*1-2;/h6-15,18,22-23H,2-3,5,16-17H2,1,4H3;3H,1H2,2H3;4*1-2H3;2H,1H3;1H4/b12-6-,21-13+;;;;;;;. The molecular weight excluding hydrogens is 506 g/mol. The smallest absolute Gasteiger partial charge is 0.233 e. The zero-order valence-electron chi connectivity index (χ0n) is 27.6. The fraction of sp³-hybridized carbons (Fsp3) is 0.486. The maximum absolute atomic E-state index is 12.8. The molecule has 0 aromatic heterocycles. The van der Waals surface area contributed by atoms with Crippen LogP contribution in [0.1, 0.15) is 108 Å². The molecule has 0 saturated carbocycles. The molecule has 3 heteroatoms. The first-order chi connectivity index (χ1) is 19.0. The van der Waals surface area contributed by atoms with E-state index in [4.69, 9.17) is 0 Å². The Labute approximate surface area is 258 Å². The van der Waals surface area contributed by atoms with Crippen molar-refractivity contribution in [3.63, 3.8) is 0 Å². The van der Waals surface area contributed by atoms with Crippen LogP contribution in [-0.4, -0.2) is 23.1 Å². The molecule has 3 unspecified atom stereocenters. The van der Waals surface area contributed by atoms with Crippen molar-refractivity contribution < 1.29 is 4.79 Å². The third-order valence-electron chi connectivity index (χ3n) is 5.03. The number of amides is 1. The number of benzene rings is 1. The lowest BCUT2D eigenvalue weighted by atomic mass is 9.77. The normalized spacial score (nSPS) is 15.0. The maximum Gasteiger partial charge on any atom is 0.233 e. The van der Waals surface area contributed by atoms with Gasteiger partial charge in [0.05, 0.1) is 12.0 Å². The molecule has 0 N–H and O–H groups in total. The minimum Gasteiger partial charge on any atom is -0.304 e. The zero-order chi connectivity index (χ0) is 31.8. The van der Waals surface area contributed by atoms with Gasteiger partial charge in [0.15, 0.2) is 0 Å². The van der Waals surface area contributed by atoms with Crippen LogP contribution in [-0.2, 0) is 4.79 Å². The summed E-state index contributed by atoms with van der Waals surface area (Å²) in [5.41, 5.74) is 3.06. The van der Waals surface area contributed by atoms with E-state index in [1.807, 2.05) is 93.5 Å². The summed E-state index contributed by atoms with van der Waals surface area (Å²) in [5, 5.41) is 0. The van der Waals surface area contributed by atoms with Gasteiger partial charge in [-0.1, -0.05) is 144 Å². The van der Waals surface area contributed by atoms with E-state index >= 15 is 0 Å². The van der Waals surface area contributed by atoms with Gasteiger partial charge >= 0.3 is 0 Å². The maximum atomic E-state index is 12.8. The summed E-state index contributed by atoms with van der Waals surface area (Å²) < 4.78 is 0. The number of likely N-dealkylation sites (tertiary alicyclic amines) is 1. The zero-order valence-corrected chi connectivity index (χ0v) is 28.5. The molecule has 0 aliphatic carbocycles. The molecule has 1 aliphatic rings. The Morgan fingerprint density at radius 3 is 1.77 bits per heavy atom. The molecule has 2 nitrogen and oxygen atoms in total. The van der Waals surface area contributed by atoms with Crippen LogP contribution in [0.15, 0.2) is 104 Å². The molecule has 3 atom stereocenters. The minimum atomic E-state index is -0.0296. The van der Waals surface area contributed by atoms with Crippen LogP contribution in [0.2, 0.25) is 0 Å². The number of thiol groups is 1. The van der Waals surface area contributed by atoms with Gasteiger partial charge in [0.25, 0.3) is 0 Å². The first-order valence-electron chi connectivity index (χ1n) is 14.6. The number of allylic oxidation sites excluding steroid dienone is 5. The Morgan fingerprint density at radius 2 is 1.40 bits per heavy atom. The monoisotopic (exact) mass is 573 g/mol. The number of nitrogens with zero attached hydrogens (tertiary/aromatic N) is 1. The third kappa shape index (κ3) is 19.5. The molecule has 40 heavy (non-hydrogen) atoms. The minimum absolute atomic E-state index is 0. The quantitative estimate of drug-likeness (QED) is 0.135. The van der Waals surface area contributed by atoms with Crippen LogP contribution in [0.3, 0.4) is 0 Å². The largest absolute Gasteiger partial charge is 0.304 e. The van der Waals surface area contributed by atoms with Gasteiger partial charge in [-0.05, 0) is 62.2 Å². The van der Waals surface area contributed by atoms with Crippen molar-refractivity contribution in [2.45, 2.75) is 108 Å². The van der Waals surface area contributed by atoms with Gasteiger partial charge in [-0.25, -0.2) is 0 Å². The van der Waals surface area contributed by atoms with E-state index in [2.05, 4.69) is 70.1 Å². The summed E-state index contributed by atoms with van der Waals surface area (Å²) in [5.74, 6) is 0.545. The number of β-lactam (4-membered cyclic amide) rings is 1. The van der Waals surface area contributed by atoms with E-state index < -0.39 is 0 Å². The van der Waals surface area contributed by atoms with Crippen molar-refractivity contribution in [2.24, 2.45) is 5.92 Å². The van der Waals surface area contributed by atoms with Crippen LogP contribution in [0.5, 0.6) is 0 Å². The van der Waals surface area contributed by atoms with E-state index in [0.717, 1.165) is 24.1 Å². The molecule has 2 rings (SSSR count). The molecule has 1 amide bonds. The summed E-state index contributed by atoms with van der Waals surface area (Å²) in [4.78, 5) is 14.6. The Balaban J connectivity index is -0.000000180. The number of hydrogen-bond acceptors (Lipinski definition) is 2. The molecule has 1 aromatic rings. The molecule has 1 aliphatic heterocycles. The molecular formula is C37H67NOS. The SMILES string of the molecule is C.C=C/C=C(\C=C)N1C(=O)C(CCC(C)c2ccccc2)C1C(=C)/C=C\C.C=CC.CC.CC.CC.CC.CS. The Hall–Kier alpha value is -2.52. The van der Waals surface area contributed by atoms with Gasteiger partial charge in [-0.2, -0.15) is 12.6 Å². The first-order valence-corrected chi connectivity index (χ1v) is 15.5. The fourth-order valence-electron chi connectivity index (χ4n) is 3.60. The second-order valence-corrected chi connectivity index (χ2v) is 7.16. The van der Waals surface area contributed by atoms with Crippen LogP contribution in [0, 0.1) is 5.92 Å². The second kappa shape index (κ2) is 38.6. The van der Waals surface area contributed by atoms with Crippen LogP contribution < -0.4 is 0 Å². The molecule has 0 spiro atoms. The van der Waals surface area contributed by atoms with Gasteiger partial charge in [0.2, 0.25) is 5.91 Å². The van der Waals surface area contributed by atoms with E-state index in [0.29, 0.717) is 5.92 Å². The second-order valence-electron chi connectivity index (χ2n) is 7.16. The van der Waals surface area contributed by atoms with Crippen molar-refractivity contribution in [1.29, 1.82) is 0 Å². The van der Waals surface area contributed by atoms with E-state index in [9.17, 15) is 4.79 Å². The van der Waals surface area contributed by atoms with Crippen LogP contribution in [0.25, 0.3) is 0 Å². The van der Waals surface area contributed by atoms with Crippen molar-refractivity contribution in [1.82, 2.24) is 4.90 Å². The first kappa shape index (κ1) is 50.3. The van der Waals surface area contributed by atoms with E-state index in [-0.39, 0.29) is 25.3 Å². The van der Waals surface area contributed by atoms with Crippen LogP contribution in [0.4, 0.5) is 0 Å². The fourth-order valence-corrected chi connectivity index (χ4v) is 3.60. The molecule has 0 radical (unpaired) electrons. The summed E-state index contributed by atoms with van der Waals surface area (Å²) in [7, 11) is 0. The number of carbonyl (C=O) groups is 1. The van der Waals surface area contributed by atoms with Crippen molar-refractivity contribution in [3.8, 4) is 0 Å². The van der Waals surface area contributed by atoms with Gasteiger partial charge in [-0.3, -0.25) is 4.79 Å². The lowest BCUT2D eigenvalue weighted by molar-refractivity contribution is -0.149. The molecule has 1 aromatic carbocycles. The Morgan fingerprint density at radius 1 is 0.950 bits per heavy atom. The molecule has 232 valence electrons. The van der Waals surface area contributed by atoms with Gasteiger partial charge in [0.1, 0.15) is 0 Å². The highest BCUT2D eigenvalue weighted by Gasteiger charge is 2.48. The summed E-state index contributed by atoms with van der Waals surface area (Å²) in [6.45, 7) is 37.2. The van der Waals surface area contributed by atoms with Gasteiger partial charge in [0, 0.05) is 5.70 Å². The van der Waals surface area contributed by atoms with Crippen molar-refractivity contribution in [2.75, 3.05) is 6.26 Å². The lowest BCUT2D eigenvalue weighted by Crippen LogP contribution is -2.60. The highest BCUT2D eigenvalue weighted by atomic mass is 32.1. The van der Waals surface area contributed by atoms with Crippen molar-refractivity contribution in [3.05, 3.63) is 110 Å². The van der Waals surface area contributed by atoms with E-state index in [1.165, 1.54) is 5.56 Å². The average Bonchev–Trinajstić information content (AvgIpc) is 3.01. The summed E-state index contributed by atoms with van der Waals surface area (Å²) >= 11 is 3.53. The predicted octanol–water partition coefficient (Wildman–Crippen LogP) is 12.3. The lowest BCUT2D eigenvalue weighted by Gasteiger charge is -2.48. The number of carbonyl (C=O) groups excluding carboxylic acids is 1. The molecule has 1 heterocycles. The highest BCUT2D eigenvalue weighted by Crippen LogP contribution is 2.40. The average molecular weight is 574 g/mol. The van der Waals surface area contributed by atoms with Gasteiger partial charge < -0.3 is 4.90 Å². The number of hydrogen-bond donors (Lipinski definition) is 1. The predicted molar refractivity (Wildman–Crippen MR) is 194 cm³/mol. The highest BCUT2D eigenvalue weighted by molar-refractivity contribution is 7.79. The van der Waals surface area contributed by atoms with Crippen molar-refractivity contribution >= 4 is 18.5 Å². The molecule has 1 saturated heterocycles. The Bertz CT molecular complexity index is 777. The summed E-state index contributed by atoms with van der Waals surface area (Å²) in [6, 6.07) is 10.5. The molecule has 1 fully saturated rings.